The Morgan fingerprint density at radius 2 is 1.51 bits per heavy atom. The lowest BCUT2D eigenvalue weighted by atomic mass is 9.87. The maximum atomic E-state index is 14.4. The maximum Gasteiger partial charge on any atom is 0.149 e. The molecule has 0 aliphatic heterocycles. The van der Waals surface area contributed by atoms with Gasteiger partial charge in [-0.15, -0.1) is 0 Å². The third kappa shape index (κ3) is 6.77. The topological polar surface area (TPSA) is 48.8 Å². The molecule has 8 heteroatoms. The molecule has 0 atom stereocenters. The summed E-state index contributed by atoms with van der Waals surface area (Å²) in [6.45, 7) is 6.32. The van der Waals surface area contributed by atoms with E-state index in [0.29, 0.717) is 22.0 Å². The molecule has 3 aromatic carbocycles. The van der Waals surface area contributed by atoms with Crippen molar-refractivity contribution >= 4 is 28.2 Å². The van der Waals surface area contributed by atoms with Gasteiger partial charge in [-0.2, -0.15) is 0 Å². The molecule has 0 unspecified atom stereocenters. The van der Waals surface area contributed by atoms with E-state index in [0.717, 1.165) is 48.0 Å². The van der Waals surface area contributed by atoms with Crippen molar-refractivity contribution in [3.8, 4) is 11.3 Å². The summed E-state index contributed by atoms with van der Waals surface area (Å²) in [5.74, 6) is -2.84. The quantitative estimate of drug-likeness (QED) is 0.115. The van der Waals surface area contributed by atoms with Gasteiger partial charge in [0.1, 0.15) is 33.3 Å². The van der Waals surface area contributed by atoms with Gasteiger partial charge in [0.05, 0.1) is 11.4 Å². The van der Waals surface area contributed by atoms with Crippen molar-refractivity contribution < 1.29 is 17.6 Å². The van der Waals surface area contributed by atoms with Gasteiger partial charge in [0.25, 0.3) is 0 Å². The van der Waals surface area contributed by atoms with Crippen LogP contribution in [-0.4, -0.2) is 10.0 Å². The molecule has 1 aromatic heterocycles. The molecule has 4 rings (SSSR count). The summed E-state index contributed by atoms with van der Waals surface area (Å²) in [5.41, 5.74) is 2.51. The average molecular weight is 524 g/mol. The fourth-order valence-electron chi connectivity index (χ4n) is 3.82. The zero-order valence-corrected chi connectivity index (χ0v) is 21.3. The van der Waals surface area contributed by atoms with Crippen LogP contribution in [0.1, 0.15) is 31.9 Å². The van der Waals surface area contributed by atoms with Gasteiger partial charge in [-0.05, 0) is 65.9 Å². The van der Waals surface area contributed by atoms with Gasteiger partial charge < -0.3 is 5.32 Å². The van der Waals surface area contributed by atoms with Crippen LogP contribution in [0.5, 0.6) is 0 Å². The Morgan fingerprint density at radius 1 is 0.838 bits per heavy atom. The van der Waals surface area contributed by atoms with E-state index < -0.39 is 23.3 Å². The molecular formula is C29H25F4N3S. The van der Waals surface area contributed by atoms with Crippen molar-refractivity contribution in [2.24, 2.45) is 5.41 Å². The number of aromatic nitrogens is 1. The van der Waals surface area contributed by atoms with Crippen molar-refractivity contribution in [3.63, 3.8) is 0 Å². The van der Waals surface area contributed by atoms with E-state index in [2.05, 4.69) is 31.1 Å². The Hall–Kier alpha value is -3.65. The Kier molecular flexibility index (Phi) is 7.68. The molecule has 0 aliphatic carbocycles. The minimum absolute atomic E-state index is 0.000266. The highest BCUT2D eigenvalue weighted by Gasteiger charge is 2.18. The van der Waals surface area contributed by atoms with Crippen LogP contribution in [0.25, 0.3) is 11.3 Å². The highest BCUT2D eigenvalue weighted by Crippen LogP contribution is 2.33. The molecule has 0 amide bonds. The third-order valence-electron chi connectivity index (χ3n) is 5.40. The van der Waals surface area contributed by atoms with Gasteiger partial charge >= 0.3 is 0 Å². The van der Waals surface area contributed by atoms with E-state index >= 15 is 0 Å². The van der Waals surface area contributed by atoms with E-state index in [-0.39, 0.29) is 21.7 Å². The second-order valence-corrected chi connectivity index (χ2v) is 10.8. The number of halogens is 4. The first-order valence-electron chi connectivity index (χ1n) is 11.5. The Morgan fingerprint density at radius 3 is 2.19 bits per heavy atom. The standard InChI is InChI=1S/C29H25F4N3S/c1-29(2,3)16-17-7-11-25(35-26-12-9-19(31)15-23(26)33)21(13-17)28(34)37-27-6-4-5-24(36-27)20-10-8-18(30)14-22(20)32/h4-15,34-35H,16H2,1-3H3. The lowest BCUT2D eigenvalue weighted by molar-refractivity contribution is 0.411. The first-order valence-corrected chi connectivity index (χ1v) is 12.3. The molecule has 0 spiro atoms. The average Bonchev–Trinajstić information content (AvgIpc) is 2.81. The van der Waals surface area contributed by atoms with Gasteiger partial charge in [-0.25, -0.2) is 22.5 Å². The number of hydrogen-bond acceptors (Lipinski definition) is 4. The summed E-state index contributed by atoms with van der Waals surface area (Å²) >= 11 is 1.05. The number of nitrogens with one attached hydrogen (secondary N) is 2. The minimum Gasteiger partial charge on any atom is -0.353 e. The van der Waals surface area contributed by atoms with Crippen LogP contribution in [0.2, 0.25) is 0 Å². The molecule has 0 bridgehead atoms. The van der Waals surface area contributed by atoms with E-state index in [1.807, 2.05) is 12.1 Å². The highest BCUT2D eigenvalue weighted by molar-refractivity contribution is 8.14. The van der Waals surface area contributed by atoms with E-state index in [4.69, 9.17) is 5.41 Å². The molecule has 190 valence electrons. The highest BCUT2D eigenvalue weighted by atomic mass is 32.2. The lowest BCUT2D eigenvalue weighted by Gasteiger charge is -2.20. The molecule has 2 N–H and O–H groups in total. The molecule has 0 saturated carbocycles. The first kappa shape index (κ1) is 26.4. The van der Waals surface area contributed by atoms with Gasteiger partial charge in [0.2, 0.25) is 0 Å². The van der Waals surface area contributed by atoms with Gasteiger partial charge in [0.15, 0.2) is 0 Å². The third-order valence-corrected chi connectivity index (χ3v) is 6.26. The van der Waals surface area contributed by atoms with Crippen molar-refractivity contribution in [1.82, 2.24) is 4.98 Å². The molecule has 3 nitrogen and oxygen atoms in total. The van der Waals surface area contributed by atoms with Gasteiger partial charge in [-0.3, -0.25) is 5.41 Å². The minimum atomic E-state index is -0.750. The largest absolute Gasteiger partial charge is 0.353 e. The van der Waals surface area contributed by atoms with E-state index in [1.165, 1.54) is 12.1 Å². The fraction of sp³-hybridized carbons (Fsp3) is 0.172. The summed E-state index contributed by atoms with van der Waals surface area (Å²) in [6.07, 6.45) is 0.751. The predicted octanol–water partition coefficient (Wildman–Crippen LogP) is 8.75. The van der Waals surface area contributed by atoms with Crippen molar-refractivity contribution in [1.29, 1.82) is 5.41 Å². The first-order chi connectivity index (χ1) is 17.5. The summed E-state index contributed by atoms with van der Waals surface area (Å²) in [6, 6.07) is 17.1. The van der Waals surface area contributed by atoms with Crippen LogP contribution in [0.15, 0.2) is 77.8 Å². The Labute approximate surface area is 217 Å². The number of nitrogens with zero attached hydrogens (tertiary/aromatic N) is 1. The molecule has 0 saturated heterocycles. The van der Waals surface area contributed by atoms with Crippen molar-refractivity contribution in [2.45, 2.75) is 32.2 Å². The molecule has 0 fully saturated rings. The maximum absolute atomic E-state index is 14.4. The SMILES string of the molecule is CC(C)(C)Cc1ccc(Nc2ccc(F)cc2F)c(C(=N)Sc2cccc(-c3ccc(F)cc3F)n2)c1. The van der Waals surface area contributed by atoms with Crippen LogP contribution in [0.4, 0.5) is 28.9 Å². The molecule has 0 aliphatic rings. The molecule has 1 heterocycles. The molecule has 37 heavy (non-hydrogen) atoms. The second kappa shape index (κ2) is 10.8. The predicted molar refractivity (Wildman–Crippen MR) is 142 cm³/mol. The van der Waals surface area contributed by atoms with Crippen LogP contribution in [0.3, 0.4) is 0 Å². The van der Waals surface area contributed by atoms with Crippen LogP contribution in [0, 0.1) is 34.1 Å². The van der Waals surface area contributed by atoms with Crippen LogP contribution < -0.4 is 5.32 Å². The van der Waals surface area contributed by atoms with Crippen LogP contribution >= 0.6 is 11.8 Å². The number of hydrogen-bond donors (Lipinski definition) is 2. The van der Waals surface area contributed by atoms with Crippen LogP contribution in [-0.2, 0) is 6.42 Å². The Bertz CT molecular complexity index is 1460. The number of thioether (sulfide) groups is 1. The van der Waals surface area contributed by atoms with Crippen molar-refractivity contribution in [3.05, 3.63) is 107 Å². The summed E-state index contributed by atoms with van der Waals surface area (Å²) in [7, 11) is 0. The second-order valence-electron chi connectivity index (χ2n) is 9.78. The summed E-state index contributed by atoms with van der Waals surface area (Å²) in [5, 5.41) is 12.4. The number of anilines is 2. The molecule has 0 radical (unpaired) electrons. The van der Waals surface area contributed by atoms with Gasteiger partial charge in [0, 0.05) is 28.9 Å². The summed E-state index contributed by atoms with van der Waals surface area (Å²) < 4.78 is 55.4. The zero-order chi connectivity index (χ0) is 26.7. The smallest absolute Gasteiger partial charge is 0.149 e. The normalized spacial score (nSPS) is 11.4. The monoisotopic (exact) mass is 523 g/mol. The molecular weight excluding hydrogens is 498 g/mol. The number of pyridine rings is 1. The fourth-order valence-corrected chi connectivity index (χ4v) is 4.60. The summed E-state index contributed by atoms with van der Waals surface area (Å²) in [4.78, 5) is 4.46. The number of benzene rings is 3. The zero-order valence-electron chi connectivity index (χ0n) is 20.5. The van der Waals surface area contributed by atoms with E-state index in [9.17, 15) is 17.6 Å². The van der Waals surface area contributed by atoms with Crippen molar-refractivity contribution in [2.75, 3.05) is 5.32 Å². The Balaban J connectivity index is 1.67. The lowest BCUT2D eigenvalue weighted by Crippen LogP contribution is -2.10. The van der Waals surface area contributed by atoms with E-state index in [1.54, 1.807) is 24.3 Å². The molecule has 4 aromatic rings. The number of rotatable bonds is 6. The van der Waals surface area contributed by atoms with Gasteiger partial charge in [-0.1, -0.05) is 44.7 Å².